The summed E-state index contributed by atoms with van der Waals surface area (Å²) in [6.45, 7) is 11.9. The summed E-state index contributed by atoms with van der Waals surface area (Å²) in [5.41, 5.74) is 1.63. The second-order valence-electron chi connectivity index (χ2n) is 3.13. The van der Waals surface area contributed by atoms with E-state index in [2.05, 4.69) is 38.1 Å². The minimum absolute atomic E-state index is 0.274. The zero-order valence-electron chi connectivity index (χ0n) is 8.90. The van der Waals surface area contributed by atoms with Crippen molar-refractivity contribution >= 4 is 0 Å². The standard InChI is InChI=1S/C10H17N.C2H4/c1-4-9(5-2)10(11-3)7-6-8-10;1-2/h4-5,11H,1,6-8H2,2-3H3;1-2H2/b9-5+;. The number of likely N-dealkylation sites (N-methyl/N-ethyl adjacent to an activating group) is 1. The lowest BCUT2D eigenvalue weighted by atomic mass is 9.71. The number of hydrogen-bond donors (Lipinski definition) is 1. The molecule has 0 bridgehead atoms. The Morgan fingerprint density at radius 2 is 1.92 bits per heavy atom. The molecule has 0 saturated heterocycles. The summed E-state index contributed by atoms with van der Waals surface area (Å²) in [6.07, 6.45) is 7.98. The molecule has 1 rings (SSSR count). The first-order chi connectivity index (χ1) is 6.29. The molecule has 1 nitrogen and oxygen atoms in total. The predicted octanol–water partition coefficient (Wildman–Crippen LogP) is 3.06. The lowest BCUT2D eigenvalue weighted by Crippen LogP contribution is -2.50. The second kappa shape index (κ2) is 5.76. The first-order valence-corrected chi connectivity index (χ1v) is 4.77. The largest absolute Gasteiger partial charge is 0.310 e. The lowest BCUT2D eigenvalue weighted by Gasteiger charge is -2.43. The van der Waals surface area contributed by atoms with Gasteiger partial charge in [-0.25, -0.2) is 0 Å². The maximum absolute atomic E-state index is 3.82. The van der Waals surface area contributed by atoms with Gasteiger partial charge >= 0.3 is 0 Å². The predicted molar refractivity (Wildman–Crippen MR) is 60.8 cm³/mol. The topological polar surface area (TPSA) is 12.0 Å². The van der Waals surface area contributed by atoms with E-state index < -0.39 is 0 Å². The molecule has 74 valence electrons. The van der Waals surface area contributed by atoms with Gasteiger partial charge in [0.05, 0.1) is 0 Å². The quantitative estimate of drug-likeness (QED) is 0.518. The molecule has 0 spiro atoms. The molecular formula is C12H21N. The third-order valence-electron chi connectivity index (χ3n) is 2.77. The van der Waals surface area contributed by atoms with Crippen LogP contribution in [-0.2, 0) is 0 Å². The summed E-state index contributed by atoms with van der Waals surface area (Å²) in [5.74, 6) is 0. The van der Waals surface area contributed by atoms with E-state index in [1.165, 1.54) is 24.8 Å². The van der Waals surface area contributed by atoms with Gasteiger partial charge in [0.15, 0.2) is 0 Å². The van der Waals surface area contributed by atoms with Gasteiger partial charge < -0.3 is 5.32 Å². The number of hydrogen-bond acceptors (Lipinski definition) is 1. The van der Waals surface area contributed by atoms with Crippen LogP contribution in [0.3, 0.4) is 0 Å². The van der Waals surface area contributed by atoms with E-state index in [9.17, 15) is 0 Å². The van der Waals surface area contributed by atoms with Gasteiger partial charge in [-0.1, -0.05) is 18.7 Å². The molecule has 1 heteroatoms. The zero-order chi connectivity index (χ0) is 10.3. The first-order valence-electron chi connectivity index (χ1n) is 4.77. The lowest BCUT2D eigenvalue weighted by molar-refractivity contribution is 0.251. The molecule has 0 amide bonds. The van der Waals surface area contributed by atoms with E-state index in [-0.39, 0.29) is 5.54 Å². The molecule has 0 heterocycles. The Morgan fingerprint density at radius 3 is 2.00 bits per heavy atom. The average molecular weight is 179 g/mol. The van der Waals surface area contributed by atoms with Crippen LogP contribution in [0.2, 0.25) is 0 Å². The summed E-state index contributed by atoms with van der Waals surface area (Å²) >= 11 is 0. The number of nitrogens with one attached hydrogen (secondary N) is 1. The Kier molecular flexibility index (Phi) is 5.40. The summed E-state index contributed by atoms with van der Waals surface area (Å²) < 4.78 is 0. The van der Waals surface area contributed by atoms with E-state index in [0.29, 0.717) is 0 Å². The normalized spacial score (nSPS) is 19.4. The van der Waals surface area contributed by atoms with Gasteiger partial charge in [-0.15, -0.1) is 13.2 Å². The van der Waals surface area contributed by atoms with E-state index in [4.69, 9.17) is 0 Å². The molecule has 0 radical (unpaired) electrons. The Balaban J connectivity index is 0.000000671. The highest BCUT2D eigenvalue weighted by Gasteiger charge is 2.36. The van der Waals surface area contributed by atoms with Crippen LogP contribution in [-0.4, -0.2) is 12.6 Å². The van der Waals surface area contributed by atoms with Crippen molar-refractivity contribution in [1.29, 1.82) is 0 Å². The molecule has 13 heavy (non-hydrogen) atoms. The van der Waals surface area contributed by atoms with Gasteiger partial charge in [0.1, 0.15) is 0 Å². The molecule has 0 unspecified atom stereocenters. The van der Waals surface area contributed by atoms with Crippen LogP contribution in [0.1, 0.15) is 26.2 Å². The zero-order valence-corrected chi connectivity index (χ0v) is 8.90. The van der Waals surface area contributed by atoms with Crippen molar-refractivity contribution < 1.29 is 0 Å². The van der Waals surface area contributed by atoms with Crippen LogP contribution in [0, 0.1) is 0 Å². The van der Waals surface area contributed by atoms with Gasteiger partial charge in [0.25, 0.3) is 0 Å². The maximum atomic E-state index is 3.82. The number of allylic oxidation sites excluding steroid dienone is 1. The van der Waals surface area contributed by atoms with Gasteiger partial charge in [-0.2, -0.15) is 0 Å². The highest BCUT2D eigenvalue weighted by molar-refractivity contribution is 5.32. The van der Waals surface area contributed by atoms with Crippen molar-refractivity contribution in [3.8, 4) is 0 Å². The van der Waals surface area contributed by atoms with E-state index >= 15 is 0 Å². The summed E-state index contributed by atoms with van der Waals surface area (Å²) in [4.78, 5) is 0. The minimum atomic E-state index is 0.274. The molecule has 1 N–H and O–H groups in total. The van der Waals surface area contributed by atoms with Crippen LogP contribution in [0.5, 0.6) is 0 Å². The number of rotatable bonds is 3. The van der Waals surface area contributed by atoms with Gasteiger partial charge in [0, 0.05) is 5.54 Å². The molecule has 1 aliphatic rings. The molecule has 0 aromatic rings. The monoisotopic (exact) mass is 179 g/mol. The third-order valence-corrected chi connectivity index (χ3v) is 2.77. The van der Waals surface area contributed by atoms with Crippen molar-refractivity contribution in [1.82, 2.24) is 5.32 Å². The Hall–Kier alpha value is -0.820. The molecule has 0 aromatic carbocycles. The van der Waals surface area contributed by atoms with Crippen molar-refractivity contribution in [2.24, 2.45) is 0 Å². The van der Waals surface area contributed by atoms with Gasteiger partial charge in [-0.3, -0.25) is 0 Å². The fourth-order valence-corrected chi connectivity index (χ4v) is 1.80. The second-order valence-corrected chi connectivity index (χ2v) is 3.13. The summed E-state index contributed by atoms with van der Waals surface area (Å²) in [5, 5.41) is 3.38. The molecule has 1 saturated carbocycles. The Labute approximate surface area is 82.2 Å². The van der Waals surface area contributed by atoms with Crippen LogP contribution in [0.25, 0.3) is 0 Å². The van der Waals surface area contributed by atoms with Crippen LogP contribution in [0.15, 0.2) is 37.5 Å². The third kappa shape index (κ3) is 2.31. The Morgan fingerprint density at radius 1 is 1.38 bits per heavy atom. The Bertz CT molecular complexity index is 182. The molecule has 1 aliphatic carbocycles. The molecule has 1 fully saturated rings. The molecule has 0 aromatic heterocycles. The molecule has 0 aliphatic heterocycles. The fraction of sp³-hybridized carbons (Fsp3) is 0.500. The van der Waals surface area contributed by atoms with Crippen molar-refractivity contribution in [3.05, 3.63) is 37.5 Å². The van der Waals surface area contributed by atoms with Crippen molar-refractivity contribution in [2.75, 3.05) is 7.05 Å². The van der Waals surface area contributed by atoms with E-state index in [0.717, 1.165) is 0 Å². The van der Waals surface area contributed by atoms with Crippen molar-refractivity contribution in [3.63, 3.8) is 0 Å². The van der Waals surface area contributed by atoms with Crippen molar-refractivity contribution in [2.45, 2.75) is 31.7 Å². The highest BCUT2D eigenvalue weighted by Crippen LogP contribution is 2.38. The molecule has 0 atom stereocenters. The average Bonchev–Trinajstić information content (AvgIpc) is 2.14. The molecular weight excluding hydrogens is 158 g/mol. The minimum Gasteiger partial charge on any atom is -0.310 e. The van der Waals surface area contributed by atoms with Crippen LogP contribution in [0.4, 0.5) is 0 Å². The van der Waals surface area contributed by atoms with Gasteiger partial charge in [-0.05, 0) is 38.8 Å². The van der Waals surface area contributed by atoms with E-state index in [1.807, 2.05) is 13.1 Å². The van der Waals surface area contributed by atoms with Crippen LogP contribution >= 0.6 is 0 Å². The van der Waals surface area contributed by atoms with Gasteiger partial charge in [0.2, 0.25) is 0 Å². The first kappa shape index (κ1) is 12.2. The maximum Gasteiger partial charge on any atom is 0.0428 e. The van der Waals surface area contributed by atoms with Crippen LogP contribution < -0.4 is 5.32 Å². The summed E-state index contributed by atoms with van der Waals surface area (Å²) in [7, 11) is 2.03. The fourth-order valence-electron chi connectivity index (χ4n) is 1.80. The summed E-state index contributed by atoms with van der Waals surface area (Å²) in [6, 6.07) is 0. The smallest absolute Gasteiger partial charge is 0.0428 e. The van der Waals surface area contributed by atoms with E-state index in [1.54, 1.807) is 0 Å². The SMILES string of the molecule is C=C.C=C/C(=C\C)C1(NC)CCC1. The highest BCUT2D eigenvalue weighted by atomic mass is 15.0.